The molecular formula is C10H21NaO4S. The molecule has 0 rings (SSSR count). The number of rotatable bonds is 9. The summed E-state index contributed by atoms with van der Waals surface area (Å²) in [4.78, 5) is 0. The first-order valence-electron chi connectivity index (χ1n) is 5.59. The summed E-state index contributed by atoms with van der Waals surface area (Å²) in [5, 5.41) is 0. The third kappa shape index (κ3) is 12.9. The molecule has 0 saturated heterocycles. The zero-order valence-corrected chi connectivity index (χ0v) is 13.4. The number of hydrogen-bond donors (Lipinski definition) is 0. The molecule has 0 aliphatic rings. The van der Waals surface area contributed by atoms with Crippen LogP contribution in [-0.4, -0.2) is 19.6 Å². The van der Waals surface area contributed by atoms with Crippen molar-refractivity contribution in [3.8, 4) is 0 Å². The fourth-order valence-corrected chi connectivity index (χ4v) is 1.90. The molecule has 16 heavy (non-hydrogen) atoms. The summed E-state index contributed by atoms with van der Waals surface area (Å²) >= 11 is 0. The zero-order chi connectivity index (χ0) is 11.7. The quantitative estimate of drug-likeness (QED) is 0.242. The fraction of sp³-hybridized carbons (Fsp3) is 1.00. The maximum atomic E-state index is 10.1. The third-order valence-electron chi connectivity index (χ3n) is 2.53. The summed E-state index contributed by atoms with van der Waals surface area (Å²) in [7, 11) is -4.50. The molecule has 1 atom stereocenters. The van der Waals surface area contributed by atoms with E-state index in [9.17, 15) is 13.0 Å². The maximum absolute atomic E-state index is 10.1. The van der Waals surface area contributed by atoms with Gasteiger partial charge in [-0.2, -0.15) is 0 Å². The van der Waals surface area contributed by atoms with Crippen LogP contribution in [-0.2, 0) is 14.6 Å². The average Bonchev–Trinajstić information content (AvgIpc) is 2.15. The smallest absolute Gasteiger partial charge is 0.726 e. The minimum Gasteiger partial charge on any atom is -0.726 e. The van der Waals surface area contributed by atoms with E-state index in [0.717, 1.165) is 12.8 Å². The van der Waals surface area contributed by atoms with Crippen molar-refractivity contribution < 1.29 is 46.7 Å². The first-order valence-corrected chi connectivity index (χ1v) is 6.93. The molecule has 0 heterocycles. The Balaban J connectivity index is 0. The Morgan fingerprint density at radius 3 is 2.19 bits per heavy atom. The molecule has 1 unspecified atom stereocenters. The molecule has 0 fully saturated rings. The van der Waals surface area contributed by atoms with E-state index in [1.54, 1.807) is 0 Å². The Morgan fingerprint density at radius 1 is 1.19 bits per heavy atom. The van der Waals surface area contributed by atoms with Crippen LogP contribution in [0.15, 0.2) is 0 Å². The second kappa shape index (κ2) is 11.0. The molecule has 0 aromatic rings. The normalized spacial score (nSPS) is 13.2. The first kappa shape index (κ1) is 19.2. The summed E-state index contributed by atoms with van der Waals surface area (Å²) in [5.41, 5.74) is 0. The Hall–Kier alpha value is 0.870. The molecule has 4 nitrogen and oxygen atoms in total. The topological polar surface area (TPSA) is 66.4 Å². The van der Waals surface area contributed by atoms with Gasteiger partial charge in [-0.25, -0.2) is 8.42 Å². The van der Waals surface area contributed by atoms with Crippen LogP contribution in [0.5, 0.6) is 0 Å². The molecule has 0 radical (unpaired) electrons. The van der Waals surface area contributed by atoms with Crippen LogP contribution in [0, 0.1) is 5.92 Å². The Kier molecular flexibility index (Phi) is 13.2. The van der Waals surface area contributed by atoms with Crippen molar-refractivity contribution in [3.05, 3.63) is 0 Å². The van der Waals surface area contributed by atoms with Gasteiger partial charge in [0.2, 0.25) is 10.4 Å². The summed E-state index contributed by atoms with van der Waals surface area (Å²) in [6.45, 7) is 4.31. The van der Waals surface area contributed by atoms with Crippen LogP contribution >= 0.6 is 0 Å². The van der Waals surface area contributed by atoms with Gasteiger partial charge in [-0.1, -0.05) is 39.5 Å². The van der Waals surface area contributed by atoms with Crippen LogP contribution in [0.25, 0.3) is 0 Å². The van der Waals surface area contributed by atoms with Gasteiger partial charge in [-0.05, 0) is 18.8 Å². The second-order valence-corrected chi connectivity index (χ2v) is 4.84. The molecule has 0 bridgehead atoms. The summed E-state index contributed by atoms with van der Waals surface area (Å²) in [5.74, 6) is 0.628. The van der Waals surface area contributed by atoms with E-state index in [-0.39, 0.29) is 36.2 Å². The molecule has 0 aliphatic heterocycles. The molecule has 6 heteroatoms. The van der Waals surface area contributed by atoms with Crippen molar-refractivity contribution in [2.24, 2.45) is 5.92 Å². The van der Waals surface area contributed by atoms with Crippen molar-refractivity contribution in [2.75, 3.05) is 6.61 Å². The van der Waals surface area contributed by atoms with Crippen LogP contribution in [0.3, 0.4) is 0 Å². The van der Waals surface area contributed by atoms with Crippen molar-refractivity contribution in [1.82, 2.24) is 0 Å². The van der Waals surface area contributed by atoms with E-state index in [4.69, 9.17) is 0 Å². The summed E-state index contributed by atoms with van der Waals surface area (Å²) in [6, 6.07) is 0. The Bertz CT molecular complexity index is 241. The molecule has 0 N–H and O–H groups in total. The van der Waals surface area contributed by atoms with Crippen LogP contribution in [0.1, 0.15) is 52.4 Å². The van der Waals surface area contributed by atoms with Gasteiger partial charge >= 0.3 is 29.6 Å². The van der Waals surface area contributed by atoms with Crippen molar-refractivity contribution >= 4 is 10.4 Å². The van der Waals surface area contributed by atoms with E-state index in [2.05, 4.69) is 18.0 Å². The van der Waals surface area contributed by atoms with Crippen LogP contribution in [0.4, 0.5) is 0 Å². The van der Waals surface area contributed by atoms with Gasteiger partial charge < -0.3 is 4.55 Å². The van der Waals surface area contributed by atoms with Gasteiger partial charge in [-0.3, -0.25) is 4.18 Å². The van der Waals surface area contributed by atoms with Gasteiger partial charge in [-0.15, -0.1) is 0 Å². The van der Waals surface area contributed by atoms with Gasteiger partial charge in [0, 0.05) is 0 Å². The van der Waals surface area contributed by atoms with Gasteiger partial charge in [0.1, 0.15) is 0 Å². The van der Waals surface area contributed by atoms with Gasteiger partial charge in [0.05, 0.1) is 6.61 Å². The van der Waals surface area contributed by atoms with E-state index in [0.29, 0.717) is 12.3 Å². The van der Waals surface area contributed by atoms with Gasteiger partial charge in [0.25, 0.3) is 0 Å². The molecule has 0 aliphatic carbocycles. The van der Waals surface area contributed by atoms with E-state index in [1.807, 2.05) is 0 Å². The zero-order valence-electron chi connectivity index (χ0n) is 10.6. The third-order valence-corrected chi connectivity index (χ3v) is 2.98. The van der Waals surface area contributed by atoms with Crippen molar-refractivity contribution in [3.63, 3.8) is 0 Å². The van der Waals surface area contributed by atoms with Crippen molar-refractivity contribution in [1.29, 1.82) is 0 Å². The minimum absolute atomic E-state index is 0. The molecule has 92 valence electrons. The standard InChI is InChI=1S/C10H22O4S.Na/c1-3-5-7-10(4-2)8-6-9-14-15(11,12)13;/h10H,3-9H2,1-2H3,(H,11,12,13);/q;+1/p-1. The number of hydrogen-bond acceptors (Lipinski definition) is 4. The Labute approximate surface area is 121 Å². The fourth-order valence-electron chi connectivity index (χ4n) is 1.58. The van der Waals surface area contributed by atoms with Gasteiger partial charge in [0.15, 0.2) is 0 Å². The molecular weight excluding hydrogens is 239 g/mol. The predicted molar refractivity (Wildman–Crippen MR) is 58.2 cm³/mol. The van der Waals surface area contributed by atoms with E-state index >= 15 is 0 Å². The second-order valence-electron chi connectivity index (χ2n) is 3.79. The molecule has 0 saturated carbocycles. The van der Waals surface area contributed by atoms with Crippen molar-refractivity contribution in [2.45, 2.75) is 52.4 Å². The summed E-state index contributed by atoms with van der Waals surface area (Å²) < 4.78 is 34.6. The van der Waals surface area contributed by atoms with E-state index < -0.39 is 10.4 Å². The Morgan fingerprint density at radius 2 is 1.75 bits per heavy atom. The summed E-state index contributed by atoms with van der Waals surface area (Å²) in [6.07, 6.45) is 6.25. The minimum atomic E-state index is -4.50. The average molecular weight is 260 g/mol. The predicted octanol–water partition coefficient (Wildman–Crippen LogP) is -0.536. The monoisotopic (exact) mass is 260 g/mol. The van der Waals surface area contributed by atoms with Crippen LogP contribution < -0.4 is 29.6 Å². The molecule has 0 spiro atoms. The first-order chi connectivity index (χ1) is 6.99. The van der Waals surface area contributed by atoms with Crippen LogP contribution in [0.2, 0.25) is 0 Å². The molecule has 0 amide bonds. The maximum Gasteiger partial charge on any atom is 1.00 e. The SMILES string of the molecule is CCCCC(CC)CCCOS(=O)(=O)[O-].[Na+]. The molecule has 0 aromatic heterocycles. The largest absolute Gasteiger partial charge is 1.00 e. The number of unbranched alkanes of at least 4 members (excludes halogenated alkanes) is 1. The van der Waals surface area contributed by atoms with E-state index in [1.165, 1.54) is 19.3 Å². The molecule has 0 aromatic carbocycles.